The second kappa shape index (κ2) is 8.50. The van der Waals surface area contributed by atoms with E-state index in [0.717, 1.165) is 30.7 Å². The summed E-state index contributed by atoms with van der Waals surface area (Å²) in [4.78, 5) is 6.18. The zero-order valence-corrected chi connectivity index (χ0v) is 18.1. The minimum atomic E-state index is -3.57. The van der Waals surface area contributed by atoms with Crippen LogP contribution in [0.4, 0.5) is 0 Å². The molecule has 0 spiro atoms. The van der Waals surface area contributed by atoms with Gasteiger partial charge in [0.25, 0.3) is 0 Å². The minimum absolute atomic E-state index is 0.0360. The highest BCUT2D eigenvalue weighted by Gasteiger charge is 2.31. The Bertz CT molecular complexity index is 801. The van der Waals surface area contributed by atoms with Gasteiger partial charge in [-0.15, -0.1) is 11.3 Å². The highest BCUT2D eigenvalue weighted by atomic mass is 79.9. The molecule has 1 N–H and O–H groups in total. The molecule has 1 aliphatic heterocycles. The van der Waals surface area contributed by atoms with Gasteiger partial charge in [0.1, 0.15) is 0 Å². The molecule has 0 bridgehead atoms. The molecule has 1 fully saturated rings. The van der Waals surface area contributed by atoms with Crippen molar-refractivity contribution >= 4 is 37.3 Å². The van der Waals surface area contributed by atoms with Gasteiger partial charge in [0, 0.05) is 41.6 Å². The summed E-state index contributed by atoms with van der Waals surface area (Å²) in [6.07, 6.45) is 0. The maximum absolute atomic E-state index is 12.8. The Morgan fingerprint density at radius 1 is 1.12 bits per heavy atom. The first kappa shape index (κ1) is 20.0. The van der Waals surface area contributed by atoms with Crippen LogP contribution >= 0.6 is 27.3 Å². The zero-order chi connectivity index (χ0) is 18.7. The number of nitrogens with zero attached hydrogens (tertiary/aromatic N) is 2. The standard InChI is InChI=1S/C18H24BrN3O2S2/c1-14(20-26(23,24)16-7-5-15(19)6-8-16)18(17-4-3-13-25-17)22-11-9-21(2)10-12-22/h3-8,13-14,18,20H,9-12H2,1-2H3/t14-,18-/m0/s1. The van der Waals surface area contributed by atoms with Crippen LogP contribution in [0.25, 0.3) is 0 Å². The van der Waals surface area contributed by atoms with Crippen molar-refractivity contribution in [3.8, 4) is 0 Å². The number of likely N-dealkylation sites (N-methyl/N-ethyl adjacent to an activating group) is 1. The number of sulfonamides is 1. The molecule has 1 saturated heterocycles. The Morgan fingerprint density at radius 3 is 2.35 bits per heavy atom. The smallest absolute Gasteiger partial charge is 0.240 e. The Hall–Kier alpha value is -0.770. The molecule has 8 heteroatoms. The Kier molecular flexibility index (Phi) is 6.53. The van der Waals surface area contributed by atoms with Crippen molar-refractivity contribution in [2.24, 2.45) is 0 Å². The van der Waals surface area contributed by atoms with Crippen molar-refractivity contribution in [3.05, 3.63) is 51.1 Å². The maximum Gasteiger partial charge on any atom is 0.240 e. The van der Waals surface area contributed by atoms with Crippen LogP contribution in [0.15, 0.2) is 51.1 Å². The van der Waals surface area contributed by atoms with Crippen LogP contribution in [0, 0.1) is 0 Å². The fraction of sp³-hybridized carbons (Fsp3) is 0.444. The summed E-state index contributed by atoms with van der Waals surface area (Å²) in [7, 11) is -1.44. The fourth-order valence-electron chi connectivity index (χ4n) is 3.29. The first-order valence-electron chi connectivity index (χ1n) is 8.61. The van der Waals surface area contributed by atoms with E-state index in [9.17, 15) is 8.42 Å². The van der Waals surface area contributed by atoms with Crippen molar-refractivity contribution < 1.29 is 8.42 Å². The molecule has 1 aliphatic rings. The number of hydrogen-bond donors (Lipinski definition) is 1. The number of piperazine rings is 1. The molecule has 2 atom stereocenters. The molecule has 0 aliphatic carbocycles. The van der Waals surface area contributed by atoms with Gasteiger partial charge >= 0.3 is 0 Å². The molecule has 0 unspecified atom stereocenters. The molecule has 2 aromatic rings. The molecule has 142 valence electrons. The van der Waals surface area contributed by atoms with Crippen molar-refractivity contribution in [1.82, 2.24) is 14.5 Å². The molecular weight excluding hydrogens is 434 g/mol. The summed E-state index contributed by atoms with van der Waals surface area (Å²) in [6, 6.07) is 10.7. The molecule has 0 saturated carbocycles. The number of halogens is 1. The highest BCUT2D eigenvalue weighted by molar-refractivity contribution is 9.10. The Labute approximate surface area is 168 Å². The van der Waals surface area contributed by atoms with E-state index in [1.807, 2.05) is 18.4 Å². The van der Waals surface area contributed by atoms with Gasteiger partial charge in [0.15, 0.2) is 0 Å². The predicted molar refractivity (Wildman–Crippen MR) is 110 cm³/mol. The largest absolute Gasteiger partial charge is 0.304 e. The summed E-state index contributed by atoms with van der Waals surface area (Å²) < 4.78 is 29.4. The number of nitrogens with one attached hydrogen (secondary N) is 1. The quantitative estimate of drug-likeness (QED) is 0.723. The lowest BCUT2D eigenvalue weighted by atomic mass is 10.1. The molecule has 5 nitrogen and oxygen atoms in total. The minimum Gasteiger partial charge on any atom is -0.304 e. The van der Waals surface area contributed by atoms with Gasteiger partial charge < -0.3 is 4.90 Å². The normalized spacial score (nSPS) is 19.3. The average molecular weight is 458 g/mol. The lowest BCUT2D eigenvalue weighted by Crippen LogP contribution is -2.51. The van der Waals surface area contributed by atoms with E-state index in [0.29, 0.717) is 0 Å². The summed E-state index contributed by atoms with van der Waals surface area (Å²) in [5.41, 5.74) is 0. The van der Waals surface area contributed by atoms with Gasteiger partial charge in [0.05, 0.1) is 10.9 Å². The van der Waals surface area contributed by atoms with Gasteiger partial charge in [-0.25, -0.2) is 13.1 Å². The van der Waals surface area contributed by atoms with Crippen molar-refractivity contribution in [1.29, 1.82) is 0 Å². The van der Waals surface area contributed by atoms with E-state index >= 15 is 0 Å². The second-order valence-corrected chi connectivity index (χ2v) is 10.3. The van der Waals surface area contributed by atoms with Crippen LogP contribution in [0.3, 0.4) is 0 Å². The van der Waals surface area contributed by atoms with E-state index in [2.05, 4.69) is 43.6 Å². The molecule has 1 aromatic carbocycles. The first-order chi connectivity index (χ1) is 12.4. The van der Waals surface area contributed by atoms with E-state index in [1.165, 1.54) is 4.88 Å². The SMILES string of the molecule is C[C@H](NS(=O)(=O)c1ccc(Br)cc1)[C@@H](c1cccs1)N1CCN(C)CC1. The number of thiophene rings is 1. The summed E-state index contributed by atoms with van der Waals surface area (Å²) in [6.45, 7) is 5.81. The van der Waals surface area contributed by atoms with Gasteiger partial charge in [-0.2, -0.15) is 0 Å². The molecule has 0 amide bonds. The fourth-order valence-corrected chi connectivity index (χ4v) is 5.77. The molecule has 3 rings (SSSR count). The summed E-state index contributed by atoms with van der Waals surface area (Å²) in [5, 5.41) is 2.05. The lowest BCUT2D eigenvalue weighted by molar-refractivity contribution is 0.0994. The highest BCUT2D eigenvalue weighted by Crippen LogP contribution is 2.30. The molecular formula is C18H24BrN3O2S2. The van der Waals surface area contributed by atoms with Gasteiger partial charge in [-0.3, -0.25) is 4.90 Å². The Morgan fingerprint density at radius 2 is 1.77 bits per heavy atom. The molecule has 1 aromatic heterocycles. The molecule has 0 radical (unpaired) electrons. The second-order valence-electron chi connectivity index (χ2n) is 6.66. The lowest BCUT2D eigenvalue weighted by Gasteiger charge is -2.40. The van der Waals surface area contributed by atoms with E-state index in [4.69, 9.17) is 0 Å². The maximum atomic E-state index is 12.8. The van der Waals surface area contributed by atoms with Crippen LogP contribution in [0.5, 0.6) is 0 Å². The topological polar surface area (TPSA) is 52.7 Å². The first-order valence-corrected chi connectivity index (χ1v) is 11.8. The van der Waals surface area contributed by atoms with Crippen LogP contribution in [0.2, 0.25) is 0 Å². The van der Waals surface area contributed by atoms with Gasteiger partial charge in [-0.1, -0.05) is 22.0 Å². The third-order valence-corrected chi connectivity index (χ3v) is 7.75. The number of benzene rings is 1. The molecule has 2 heterocycles. The van der Waals surface area contributed by atoms with Crippen molar-refractivity contribution in [3.63, 3.8) is 0 Å². The summed E-state index contributed by atoms with van der Waals surface area (Å²) >= 11 is 5.03. The van der Waals surface area contributed by atoms with E-state index in [-0.39, 0.29) is 17.0 Å². The zero-order valence-electron chi connectivity index (χ0n) is 14.9. The van der Waals surface area contributed by atoms with Crippen LogP contribution in [-0.2, 0) is 10.0 Å². The van der Waals surface area contributed by atoms with Crippen LogP contribution < -0.4 is 4.72 Å². The van der Waals surface area contributed by atoms with Crippen LogP contribution in [0.1, 0.15) is 17.8 Å². The average Bonchev–Trinajstić information content (AvgIpc) is 3.11. The number of rotatable bonds is 6. The predicted octanol–water partition coefficient (Wildman–Crippen LogP) is 3.17. The number of hydrogen-bond acceptors (Lipinski definition) is 5. The Balaban J connectivity index is 1.81. The van der Waals surface area contributed by atoms with E-state index < -0.39 is 10.0 Å². The summed E-state index contributed by atoms with van der Waals surface area (Å²) in [5.74, 6) is 0. The van der Waals surface area contributed by atoms with Gasteiger partial charge in [-0.05, 0) is 49.7 Å². The van der Waals surface area contributed by atoms with Gasteiger partial charge in [0.2, 0.25) is 10.0 Å². The van der Waals surface area contributed by atoms with Crippen molar-refractivity contribution in [2.45, 2.75) is 23.9 Å². The van der Waals surface area contributed by atoms with Crippen molar-refractivity contribution in [2.75, 3.05) is 33.2 Å². The third-order valence-electron chi connectivity index (χ3n) is 4.70. The van der Waals surface area contributed by atoms with Crippen LogP contribution in [-0.4, -0.2) is 57.5 Å². The molecule has 26 heavy (non-hydrogen) atoms. The third kappa shape index (κ3) is 4.74. The monoisotopic (exact) mass is 457 g/mol. The van der Waals surface area contributed by atoms with E-state index in [1.54, 1.807) is 35.6 Å².